The van der Waals surface area contributed by atoms with Gasteiger partial charge in [0, 0.05) is 13.7 Å². The third kappa shape index (κ3) is 1.38. The standard InChI is InChI=1S/C7H10ClN3O2/c1-10-7(12)11(6(8)9-10)5-2-3-13-4-5/h5H,2-4H2,1H3. The van der Waals surface area contributed by atoms with Crippen LogP contribution in [0, 0.1) is 0 Å². The average Bonchev–Trinajstić information content (AvgIpc) is 2.63. The van der Waals surface area contributed by atoms with Gasteiger partial charge in [0.05, 0.1) is 12.6 Å². The molecule has 0 aliphatic carbocycles. The SMILES string of the molecule is Cn1nc(Cl)n(C2CCOC2)c1=O. The highest BCUT2D eigenvalue weighted by Gasteiger charge is 2.23. The molecule has 0 saturated carbocycles. The molecule has 0 N–H and O–H groups in total. The number of hydrogen-bond acceptors (Lipinski definition) is 3. The smallest absolute Gasteiger partial charge is 0.346 e. The van der Waals surface area contributed by atoms with E-state index in [2.05, 4.69) is 5.10 Å². The number of nitrogens with zero attached hydrogens (tertiary/aromatic N) is 3. The second-order valence-corrected chi connectivity index (χ2v) is 3.40. The first-order valence-corrected chi connectivity index (χ1v) is 4.46. The maximum absolute atomic E-state index is 11.5. The summed E-state index contributed by atoms with van der Waals surface area (Å²) in [5.74, 6) is 0. The van der Waals surface area contributed by atoms with E-state index in [9.17, 15) is 4.79 Å². The van der Waals surface area contributed by atoms with Crippen molar-refractivity contribution in [1.29, 1.82) is 0 Å². The van der Waals surface area contributed by atoms with Gasteiger partial charge in [0.25, 0.3) is 0 Å². The van der Waals surface area contributed by atoms with Crippen molar-refractivity contribution >= 4 is 11.6 Å². The van der Waals surface area contributed by atoms with Crippen LogP contribution in [-0.4, -0.2) is 27.6 Å². The molecule has 1 aliphatic rings. The van der Waals surface area contributed by atoms with Crippen LogP contribution in [0.4, 0.5) is 0 Å². The van der Waals surface area contributed by atoms with Crippen LogP contribution < -0.4 is 5.69 Å². The maximum Gasteiger partial charge on any atom is 0.346 e. The van der Waals surface area contributed by atoms with E-state index in [0.717, 1.165) is 6.42 Å². The first-order chi connectivity index (χ1) is 6.20. The van der Waals surface area contributed by atoms with Crippen molar-refractivity contribution in [3.8, 4) is 0 Å². The van der Waals surface area contributed by atoms with E-state index >= 15 is 0 Å². The van der Waals surface area contributed by atoms with Crippen molar-refractivity contribution in [2.24, 2.45) is 7.05 Å². The molecule has 6 heteroatoms. The van der Waals surface area contributed by atoms with Crippen LogP contribution in [0.5, 0.6) is 0 Å². The number of halogens is 1. The Morgan fingerprint density at radius 2 is 2.46 bits per heavy atom. The lowest BCUT2D eigenvalue weighted by molar-refractivity contribution is 0.186. The van der Waals surface area contributed by atoms with Crippen molar-refractivity contribution < 1.29 is 4.74 Å². The quantitative estimate of drug-likeness (QED) is 0.655. The Morgan fingerprint density at radius 3 is 2.92 bits per heavy atom. The topological polar surface area (TPSA) is 49.0 Å². The summed E-state index contributed by atoms with van der Waals surface area (Å²) in [7, 11) is 1.58. The highest BCUT2D eigenvalue weighted by molar-refractivity contribution is 6.28. The molecule has 0 bridgehead atoms. The molecule has 1 atom stereocenters. The Balaban J connectivity index is 2.43. The lowest BCUT2D eigenvalue weighted by Gasteiger charge is -2.07. The van der Waals surface area contributed by atoms with Gasteiger partial charge >= 0.3 is 5.69 Å². The van der Waals surface area contributed by atoms with E-state index in [4.69, 9.17) is 16.3 Å². The van der Waals surface area contributed by atoms with Crippen molar-refractivity contribution in [2.45, 2.75) is 12.5 Å². The molecular weight excluding hydrogens is 194 g/mol. The summed E-state index contributed by atoms with van der Waals surface area (Å²) in [4.78, 5) is 11.5. The Kier molecular flexibility index (Phi) is 2.13. The van der Waals surface area contributed by atoms with Crippen LogP contribution >= 0.6 is 11.6 Å². The molecule has 0 spiro atoms. The summed E-state index contributed by atoms with van der Waals surface area (Å²) >= 11 is 5.81. The third-order valence-corrected chi connectivity index (χ3v) is 2.44. The van der Waals surface area contributed by atoms with E-state index in [-0.39, 0.29) is 17.0 Å². The molecule has 1 aliphatic heterocycles. The Labute approximate surface area is 79.9 Å². The minimum absolute atomic E-state index is 0.0497. The monoisotopic (exact) mass is 203 g/mol. The normalized spacial score (nSPS) is 22.5. The van der Waals surface area contributed by atoms with Gasteiger partial charge in [0.15, 0.2) is 0 Å². The van der Waals surface area contributed by atoms with Crippen LogP contribution in [0.2, 0.25) is 5.28 Å². The third-order valence-electron chi connectivity index (χ3n) is 2.19. The van der Waals surface area contributed by atoms with Crippen LogP contribution in [0.3, 0.4) is 0 Å². The molecule has 5 nitrogen and oxygen atoms in total. The molecule has 0 amide bonds. The molecule has 2 heterocycles. The number of ether oxygens (including phenoxy) is 1. The fourth-order valence-electron chi connectivity index (χ4n) is 1.48. The second kappa shape index (κ2) is 3.16. The fraction of sp³-hybridized carbons (Fsp3) is 0.714. The number of rotatable bonds is 1. The van der Waals surface area contributed by atoms with E-state index in [0.29, 0.717) is 13.2 Å². The zero-order valence-electron chi connectivity index (χ0n) is 7.23. The molecule has 2 rings (SSSR count). The van der Waals surface area contributed by atoms with Gasteiger partial charge in [0.2, 0.25) is 5.28 Å². The largest absolute Gasteiger partial charge is 0.379 e. The summed E-state index contributed by atoms with van der Waals surface area (Å²) < 4.78 is 7.89. The summed E-state index contributed by atoms with van der Waals surface area (Å²) in [5.41, 5.74) is -0.180. The van der Waals surface area contributed by atoms with Crippen molar-refractivity contribution in [3.63, 3.8) is 0 Å². The zero-order chi connectivity index (χ0) is 9.42. The summed E-state index contributed by atoms with van der Waals surface area (Å²) in [6.45, 7) is 1.23. The molecule has 1 fully saturated rings. The van der Waals surface area contributed by atoms with Crippen LogP contribution in [0.15, 0.2) is 4.79 Å². The van der Waals surface area contributed by atoms with E-state index < -0.39 is 0 Å². The van der Waals surface area contributed by atoms with Gasteiger partial charge in [-0.05, 0) is 18.0 Å². The highest BCUT2D eigenvalue weighted by atomic mass is 35.5. The van der Waals surface area contributed by atoms with Crippen LogP contribution in [0.25, 0.3) is 0 Å². The molecule has 1 saturated heterocycles. The lowest BCUT2D eigenvalue weighted by Crippen LogP contribution is -2.26. The van der Waals surface area contributed by atoms with Crippen molar-refractivity contribution in [2.75, 3.05) is 13.2 Å². The van der Waals surface area contributed by atoms with Crippen molar-refractivity contribution in [3.05, 3.63) is 15.8 Å². The van der Waals surface area contributed by atoms with Crippen LogP contribution in [-0.2, 0) is 11.8 Å². The molecule has 1 unspecified atom stereocenters. The van der Waals surface area contributed by atoms with Gasteiger partial charge in [0.1, 0.15) is 0 Å². The summed E-state index contributed by atoms with van der Waals surface area (Å²) in [5, 5.41) is 4.07. The van der Waals surface area contributed by atoms with Gasteiger partial charge in [-0.25, -0.2) is 9.48 Å². The maximum atomic E-state index is 11.5. The van der Waals surface area contributed by atoms with Gasteiger partial charge in [-0.3, -0.25) is 4.57 Å². The summed E-state index contributed by atoms with van der Waals surface area (Å²) in [6.07, 6.45) is 0.825. The molecule has 13 heavy (non-hydrogen) atoms. The first-order valence-electron chi connectivity index (χ1n) is 4.09. The van der Waals surface area contributed by atoms with Gasteiger partial charge in [-0.2, -0.15) is 0 Å². The number of aryl methyl sites for hydroxylation is 1. The second-order valence-electron chi connectivity index (χ2n) is 3.06. The molecular formula is C7H10ClN3O2. The lowest BCUT2D eigenvalue weighted by atomic mass is 10.3. The molecule has 1 aromatic rings. The minimum atomic E-state index is -0.180. The molecule has 0 radical (unpaired) electrons. The predicted molar refractivity (Wildman–Crippen MR) is 47.0 cm³/mol. The number of hydrogen-bond donors (Lipinski definition) is 0. The molecule has 0 aromatic carbocycles. The minimum Gasteiger partial charge on any atom is -0.379 e. The Morgan fingerprint density at radius 1 is 1.69 bits per heavy atom. The average molecular weight is 204 g/mol. The summed E-state index contributed by atoms with van der Waals surface area (Å²) in [6, 6.07) is 0.0497. The van der Waals surface area contributed by atoms with Gasteiger partial charge < -0.3 is 4.74 Å². The fourth-order valence-corrected chi connectivity index (χ4v) is 1.81. The van der Waals surface area contributed by atoms with E-state index in [1.54, 1.807) is 7.05 Å². The predicted octanol–water partition coefficient (Wildman–Crippen LogP) is 0.197. The van der Waals surface area contributed by atoms with Gasteiger partial charge in [-0.1, -0.05) is 0 Å². The zero-order valence-corrected chi connectivity index (χ0v) is 7.99. The number of aromatic nitrogens is 3. The van der Waals surface area contributed by atoms with Crippen molar-refractivity contribution in [1.82, 2.24) is 14.3 Å². The molecule has 1 aromatic heterocycles. The Bertz CT molecular complexity index is 364. The van der Waals surface area contributed by atoms with Crippen LogP contribution in [0.1, 0.15) is 12.5 Å². The first kappa shape index (κ1) is 8.77. The highest BCUT2D eigenvalue weighted by Crippen LogP contribution is 2.19. The van der Waals surface area contributed by atoms with E-state index in [1.807, 2.05) is 0 Å². The molecule has 72 valence electrons. The Hall–Kier alpha value is -0.810. The van der Waals surface area contributed by atoms with Gasteiger partial charge in [-0.15, -0.1) is 5.10 Å². The van der Waals surface area contributed by atoms with E-state index in [1.165, 1.54) is 9.25 Å².